The minimum Gasteiger partial charge on any atom is -0.492 e. The average molecular weight is 403 g/mol. The lowest BCUT2D eigenvalue weighted by molar-refractivity contribution is 0.333. The summed E-state index contributed by atoms with van der Waals surface area (Å²) in [4.78, 5) is 0. The Morgan fingerprint density at radius 2 is 1.85 bits per heavy atom. The lowest BCUT2D eigenvalue weighted by Crippen LogP contribution is -2.12. The van der Waals surface area contributed by atoms with Crippen molar-refractivity contribution in [2.75, 3.05) is 18.5 Å². The monoisotopic (exact) mass is 401 g/mol. The van der Waals surface area contributed by atoms with Gasteiger partial charge in [0.2, 0.25) is 0 Å². The maximum absolute atomic E-state index is 13.4. The molecule has 0 heterocycles. The average Bonchev–Trinajstić information content (AvgIpc) is 2.42. The molecule has 20 heavy (non-hydrogen) atoms. The molecule has 0 saturated carbocycles. The normalized spacial score (nSPS) is 10.4. The minimum absolute atomic E-state index is 0.271. The molecule has 0 spiro atoms. The molecular weight excluding hydrogens is 389 g/mol. The lowest BCUT2D eigenvalue weighted by Gasteiger charge is -2.11. The molecule has 1 N–H and O–H groups in total. The largest absolute Gasteiger partial charge is 0.492 e. The number of anilines is 1. The molecule has 0 atom stereocenters. The van der Waals surface area contributed by atoms with E-state index in [1.807, 2.05) is 31.2 Å². The molecular formula is C15H14Br2FNO. The molecule has 0 aromatic heterocycles. The molecule has 0 aliphatic carbocycles. The van der Waals surface area contributed by atoms with Crippen molar-refractivity contribution in [1.29, 1.82) is 0 Å². The van der Waals surface area contributed by atoms with Crippen molar-refractivity contribution >= 4 is 37.5 Å². The molecule has 0 fully saturated rings. The van der Waals surface area contributed by atoms with Gasteiger partial charge < -0.3 is 10.1 Å². The number of benzene rings is 2. The summed E-state index contributed by atoms with van der Waals surface area (Å²) in [6.07, 6.45) is 0. The van der Waals surface area contributed by atoms with Crippen molar-refractivity contribution in [2.24, 2.45) is 0 Å². The number of ether oxygens (including phenoxy) is 1. The minimum atomic E-state index is -0.271. The van der Waals surface area contributed by atoms with Crippen LogP contribution in [0.4, 0.5) is 10.1 Å². The van der Waals surface area contributed by atoms with Crippen molar-refractivity contribution in [1.82, 2.24) is 0 Å². The van der Waals surface area contributed by atoms with E-state index in [1.165, 1.54) is 6.07 Å². The summed E-state index contributed by atoms with van der Waals surface area (Å²) in [7, 11) is 0. The van der Waals surface area contributed by atoms with E-state index >= 15 is 0 Å². The number of nitrogens with one attached hydrogen (secondary N) is 1. The second kappa shape index (κ2) is 7.09. The Morgan fingerprint density at radius 1 is 1.15 bits per heavy atom. The van der Waals surface area contributed by atoms with Crippen molar-refractivity contribution < 1.29 is 9.13 Å². The van der Waals surface area contributed by atoms with Crippen LogP contribution in [0.2, 0.25) is 0 Å². The number of hydrogen-bond acceptors (Lipinski definition) is 2. The van der Waals surface area contributed by atoms with E-state index in [9.17, 15) is 4.39 Å². The third-order valence-electron chi connectivity index (χ3n) is 2.77. The summed E-state index contributed by atoms with van der Waals surface area (Å²) in [5.41, 5.74) is 1.77. The molecule has 0 amide bonds. The first kappa shape index (κ1) is 15.3. The van der Waals surface area contributed by atoms with E-state index < -0.39 is 0 Å². The second-order valence-corrected chi connectivity index (χ2v) is 6.08. The Labute approximate surface area is 134 Å². The Morgan fingerprint density at radius 3 is 2.55 bits per heavy atom. The topological polar surface area (TPSA) is 21.3 Å². The molecule has 0 aliphatic rings. The fourth-order valence-electron chi connectivity index (χ4n) is 1.72. The van der Waals surface area contributed by atoms with Crippen molar-refractivity contribution in [3.8, 4) is 5.75 Å². The van der Waals surface area contributed by atoms with E-state index in [0.717, 1.165) is 21.5 Å². The van der Waals surface area contributed by atoms with Gasteiger partial charge in [-0.3, -0.25) is 0 Å². The highest BCUT2D eigenvalue weighted by molar-refractivity contribution is 9.10. The van der Waals surface area contributed by atoms with Crippen LogP contribution in [0.5, 0.6) is 5.75 Å². The van der Waals surface area contributed by atoms with Crippen LogP contribution in [0.1, 0.15) is 5.56 Å². The summed E-state index contributed by atoms with van der Waals surface area (Å²) >= 11 is 6.54. The van der Waals surface area contributed by atoms with Gasteiger partial charge in [-0.05, 0) is 64.8 Å². The number of aryl methyl sites for hydroxylation is 1. The predicted octanol–water partition coefficient (Wildman–Crippen LogP) is 5.15. The van der Waals surface area contributed by atoms with Crippen LogP contribution in [0.25, 0.3) is 0 Å². The van der Waals surface area contributed by atoms with E-state index in [0.29, 0.717) is 17.6 Å². The van der Waals surface area contributed by atoms with Gasteiger partial charge in [0.05, 0.1) is 4.47 Å². The molecule has 2 rings (SSSR count). The van der Waals surface area contributed by atoms with Crippen LogP contribution in [0.3, 0.4) is 0 Å². The molecule has 2 aromatic rings. The highest BCUT2D eigenvalue weighted by Crippen LogP contribution is 2.23. The molecule has 0 aliphatic heterocycles. The highest BCUT2D eigenvalue weighted by atomic mass is 79.9. The fourth-order valence-corrected chi connectivity index (χ4v) is 2.44. The van der Waals surface area contributed by atoms with Crippen LogP contribution in [-0.2, 0) is 0 Å². The second-order valence-electron chi connectivity index (χ2n) is 4.31. The van der Waals surface area contributed by atoms with Gasteiger partial charge in [-0.1, -0.05) is 15.9 Å². The number of hydrogen-bond donors (Lipinski definition) is 1. The molecule has 0 bridgehead atoms. The number of halogens is 3. The predicted molar refractivity (Wildman–Crippen MR) is 87.0 cm³/mol. The van der Waals surface area contributed by atoms with Crippen LogP contribution < -0.4 is 10.1 Å². The van der Waals surface area contributed by atoms with Gasteiger partial charge in [-0.15, -0.1) is 0 Å². The smallest absolute Gasteiger partial charge is 0.139 e. The Bertz CT molecular complexity index is 587. The van der Waals surface area contributed by atoms with E-state index in [1.54, 1.807) is 6.07 Å². The zero-order valence-corrected chi connectivity index (χ0v) is 14.1. The van der Waals surface area contributed by atoms with Crippen LogP contribution in [0, 0.1) is 12.7 Å². The van der Waals surface area contributed by atoms with Gasteiger partial charge in [-0.25, -0.2) is 4.39 Å². The first-order valence-corrected chi connectivity index (χ1v) is 7.73. The standard InChI is InChI=1S/C15H14Br2FNO/c1-10-8-13(17)14(18)9-15(10)19-6-7-20-12-4-2-11(16)3-5-12/h2-5,8-9,19H,6-7H2,1H3. The molecule has 5 heteroatoms. The summed E-state index contributed by atoms with van der Waals surface area (Å²) in [5.74, 6) is 0.542. The zero-order valence-electron chi connectivity index (χ0n) is 10.9. The van der Waals surface area contributed by atoms with Crippen LogP contribution >= 0.6 is 31.9 Å². The van der Waals surface area contributed by atoms with Crippen LogP contribution in [0.15, 0.2) is 45.3 Å². The van der Waals surface area contributed by atoms with Gasteiger partial charge in [-0.2, -0.15) is 0 Å². The maximum atomic E-state index is 13.4. The summed E-state index contributed by atoms with van der Waals surface area (Å²) in [6, 6.07) is 10.9. The van der Waals surface area contributed by atoms with Crippen molar-refractivity contribution in [3.05, 3.63) is 56.7 Å². The molecule has 2 nitrogen and oxygen atoms in total. The van der Waals surface area contributed by atoms with E-state index in [2.05, 4.69) is 37.2 Å². The van der Waals surface area contributed by atoms with Gasteiger partial charge in [0.25, 0.3) is 0 Å². The van der Waals surface area contributed by atoms with Gasteiger partial charge in [0.1, 0.15) is 18.2 Å². The fraction of sp³-hybridized carbons (Fsp3) is 0.200. The summed E-state index contributed by atoms with van der Waals surface area (Å²) in [6.45, 7) is 3.05. The molecule has 0 unspecified atom stereocenters. The third-order valence-corrected chi connectivity index (χ3v) is 3.90. The number of rotatable bonds is 5. The quantitative estimate of drug-likeness (QED) is 0.698. The van der Waals surface area contributed by atoms with E-state index in [-0.39, 0.29) is 5.82 Å². The Balaban J connectivity index is 1.84. The lowest BCUT2D eigenvalue weighted by atomic mass is 10.2. The molecule has 2 aromatic carbocycles. The van der Waals surface area contributed by atoms with Crippen molar-refractivity contribution in [2.45, 2.75) is 6.92 Å². The van der Waals surface area contributed by atoms with Gasteiger partial charge >= 0.3 is 0 Å². The zero-order chi connectivity index (χ0) is 14.5. The Kier molecular flexibility index (Phi) is 5.43. The van der Waals surface area contributed by atoms with Crippen LogP contribution in [-0.4, -0.2) is 13.2 Å². The van der Waals surface area contributed by atoms with Gasteiger partial charge in [0.15, 0.2) is 0 Å². The van der Waals surface area contributed by atoms with Crippen molar-refractivity contribution in [3.63, 3.8) is 0 Å². The third kappa shape index (κ3) is 4.21. The molecule has 0 radical (unpaired) electrons. The summed E-state index contributed by atoms with van der Waals surface area (Å²) in [5, 5.41) is 3.17. The summed E-state index contributed by atoms with van der Waals surface area (Å²) < 4.78 is 20.5. The first-order valence-electron chi connectivity index (χ1n) is 6.14. The van der Waals surface area contributed by atoms with E-state index in [4.69, 9.17) is 4.74 Å². The maximum Gasteiger partial charge on any atom is 0.139 e. The highest BCUT2D eigenvalue weighted by Gasteiger charge is 2.04. The molecule has 106 valence electrons. The Hall–Kier alpha value is -1.07. The molecule has 0 saturated heterocycles. The SMILES string of the molecule is Cc1cc(Br)c(F)cc1NCCOc1ccc(Br)cc1. The van der Waals surface area contributed by atoms with Gasteiger partial charge in [0, 0.05) is 16.7 Å². The first-order chi connectivity index (χ1) is 9.56.